The number of benzene rings is 1. The lowest BCUT2D eigenvalue weighted by atomic mass is 9.94. The molecule has 1 unspecified atom stereocenters. The molecule has 0 saturated heterocycles. The lowest BCUT2D eigenvalue weighted by Gasteiger charge is -2.13. The van der Waals surface area contributed by atoms with Crippen molar-refractivity contribution in [1.29, 1.82) is 0 Å². The Kier molecular flexibility index (Phi) is 3.23. The molecule has 15 heavy (non-hydrogen) atoms. The van der Waals surface area contributed by atoms with Crippen LogP contribution in [0.25, 0.3) is 0 Å². The minimum atomic E-state index is 0.282. The van der Waals surface area contributed by atoms with Gasteiger partial charge in [-0.05, 0) is 29.3 Å². The molecule has 1 aromatic carbocycles. The van der Waals surface area contributed by atoms with Crippen molar-refractivity contribution in [2.45, 2.75) is 5.92 Å². The van der Waals surface area contributed by atoms with E-state index in [0.29, 0.717) is 6.54 Å². The molecule has 2 rings (SSSR count). The minimum Gasteiger partial charge on any atom is -0.367 e. The summed E-state index contributed by atoms with van der Waals surface area (Å²) in [6.07, 6.45) is 3.93. The molecule has 0 aliphatic rings. The Morgan fingerprint density at radius 2 is 1.87 bits per heavy atom. The lowest BCUT2D eigenvalue weighted by Crippen LogP contribution is -2.13. The van der Waals surface area contributed by atoms with E-state index in [9.17, 15) is 0 Å². The molecule has 0 saturated carbocycles. The van der Waals surface area contributed by atoms with E-state index in [1.54, 1.807) is 0 Å². The van der Waals surface area contributed by atoms with Crippen molar-refractivity contribution in [3.63, 3.8) is 0 Å². The summed E-state index contributed by atoms with van der Waals surface area (Å²) in [5, 5.41) is 0. The number of nitrogens with one attached hydrogen (secondary N) is 1. The van der Waals surface area contributed by atoms with Crippen molar-refractivity contribution in [1.82, 2.24) is 4.98 Å². The van der Waals surface area contributed by atoms with Crippen LogP contribution in [-0.2, 0) is 0 Å². The van der Waals surface area contributed by atoms with Gasteiger partial charge in [-0.15, -0.1) is 0 Å². The Balaban J connectivity index is 2.31. The molecule has 3 heteroatoms. The maximum Gasteiger partial charge on any atom is 0.0227 e. The van der Waals surface area contributed by atoms with Crippen molar-refractivity contribution < 1.29 is 0 Å². The molecule has 1 aromatic heterocycles. The van der Waals surface area contributed by atoms with Crippen LogP contribution in [0.5, 0.6) is 0 Å². The Morgan fingerprint density at radius 1 is 1.13 bits per heavy atom. The summed E-state index contributed by atoms with van der Waals surface area (Å²) in [6, 6.07) is 10.4. The highest BCUT2D eigenvalue weighted by atomic mass is 79.9. The number of nitrogens with two attached hydrogens (primary N) is 1. The van der Waals surface area contributed by atoms with E-state index >= 15 is 0 Å². The minimum absolute atomic E-state index is 0.282. The normalized spacial score (nSPS) is 12.7. The fraction of sp³-hybridized carbons (Fsp3) is 0.167. The van der Waals surface area contributed by atoms with E-state index in [2.05, 4.69) is 39.1 Å². The monoisotopic (exact) mass is 264 g/mol. The summed E-state index contributed by atoms with van der Waals surface area (Å²) in [4.78, 5) is 3.06. The zero-order chi connectivity index (χ0) is 10.7. The number of hydrogen-bond donors (Lipinski definition) is 2. The predicted molar refractivity (Wildman–Crippen MR) is 65.8 cm³/mol. The molecular formula is C12H13BrN2. The second kappa shape index (κ2) is 4.64. The first-order chi connectivity index (χ1) is 7.31. The quantitative estimate of drug-likeness (QED) is 0.880. The molecule has 2 nitrogen and oxygen atoms in total. The number of halogens is 1. The predicted octanol–water partition coefficient (Wildman–Crippen LogP) is 2.87. The molecule has 0 aliphatic heterocycles. The molecule has 0 aliphatic carbocycles. The van der Waals surface area contributed by atoms with E-state index < -0.39 is 0 Å². The Bertz CT molecular complexity index is 406. The molecular weight excluding hydrogens is 252 g/mol. The number of aromatic nitrogens is 1. The van der Waals surface area contributed by atoms with Crippen LogP contribution in [-0.4, -0.2) is 11.5 Å². The van der Waals surface area contributed by atoms with E-state index in [0.717, 1.165) is 4.47 Å². The van der Waals surface area contributed by atoms with Crippen LogP contribution >= 0.6 is 15.9 Å². The molecule has 0 radical (unpaired) electrons. The third-order valence-electron chi connectivity index (χ3n) is 2.53. The maximum atomic E-state index is 5.81. The smallest absolute Gasteiger partial charge is 0.0227 e. The van der Waals surface area contributed by atoms with Gasteiger partial charge < -0.3 is 10.7 Å². The molecule has 0 amide bonds. The summed E-state index contributed by atoms with van der Waals surface area (Å²) in [5.74, 6) is 0.282. The topological polar surface area (TPSA) is 41.8 Å². The van der Waals surface area contributed by atoms with Gasteiger partial charge in [0.05, 0.1) is 0 Å². The highest BCUT2D eigenvalue weighted by Crippen LogP contribution is 2.24. The van der Waals surface area contributed by atoms with Gasteiger partial charge in [0.2, 0.25) is 0 Å². The zero-order valence-corrected chi connectivity index (χ0v) is 9.87. The second-order valence-electron chi connectivity index (χ2n) is 3.48. The van der Waals surface area contributed by atoms with Crippen molar-refractivity contribution in [2.24, 2.45) is 5.73 Å². The fourth-order valence-electron chi connectivity index (χ4n) is 1.71. The van der Waals surface area contributed by atoms with Gasteiger partial charge in [0.1, 0.15) is 0 Å². The third kappa shape index (κ3) is 2.30. The van der Waals surface area contributed by atoms with E-state index in [4.69, 9.17) is 5.73 Å². The van der Waals surface area contributed by atoms with Crippen LogP contribution in [0.3, 0.4) is 0 Å². The Morgan fingerprint density at radius 3 is 2.40 bits per heavy atom. The first-order valence-electron chi connectivity index (χ1n) is 4.89. The Labute approximate surface area is 97.6 Å². The summed E-state index contributed by atoms with van der Waals surface area (Å²) in [6.45, 7) is 0.624. The highest BCUT2D eigenvalue weighted by molar-refractivity contribution is 9.10. The van der Waals surface area contributed by atoms with E-state index in [-0.39, 0.29) is 5.92 Å². The van der Waals surface area contributed by atoms with Gasteiger partial charge in [0.25, 0.3) is 0 Å². The fourth-order valence-corrected chi connectivity index (χ4v) is 1.98. The van der Waals surface area contributed by atoms with Gasteiger partial charge in [0.15, 0.2) is 0 Å². The Hall–Kier alpha value is -1.06. The molecule has 2 aromatic rings. The average Bonchev–Trinajstić information content (AvgIpc) is 2.75. The standard InChI is InChI=1S/C12H13BrN2/c13-11-3-1-9(2-4-11)12(7-14)10-5-6-15-8-10/h1-6,8,12,15H,7,14H2. The van der Waals surface area contributed by atoms with Crippen molar-refractivity contribution in [3.05, 3.63) is 58.3 Å². The van der Waals surface area contributed by atoms with Crippen molar-refractivity contribution in [2.75, 3.05) is 6.54 Å². The van der Waals surface area contributed by atoms with Crippen LogP contribution in [0.15, 0.2) is 47.2 Å². The van der Waals surface area contributed by atoms with Gasteiger partial charge in [-0.2, -0.15) is 0 Å². The number of rotatable bonds is 3. The lowest BCUT2D eigenvalue weighted by molar-refractivity contribution is 0.820. The largest absolute Gasteiger partial charge is 0.367 e. The molecule has 1 atom stereocenters. The van der Waals surface area contributed by atoms with E-state index in [1.807, 2.05) is 24.5 Å². The SMILES string of the molecule is NCC(c1ccc(Br)cc1)c1cc[nH]c1. The van der Waals surface area contributed by atoms with Crippen LogP contribution < -0.4 is 5.73 Å². The first-order valence-corrected chi connectivity index (χ1v) is 5.69. The summed E-state index contributed by atoms with van der Waals surface area (Å²) in [5.41, 5.74) is 8.29. The molecule has 0 spiro atoms. The maximum absolute atomic E-state index is 5.81. The highest BCUT2D eigenvalue weighted by Gasteiger charge is 2.11. The van der Waals surface area contributed by atoms with Gasteiger partial charge in [-0.25, -0.2) is 0 Å². The van der Waals surface area contributed by atoms with Crippen molar-refractivity contribution in [3.8, 4) is 0 Å². The molecule has 0 fully saturated rings. The van der Waals surface area contributed by atoms with Crippen LogP contribution in [0.4, 0.5) is 0 Å². The summed E-state index contributed by atoms with van der Waals surface area (Å²) >= 11 is 3.43. The molecule has 3 N–H and O–H groups in total. The van der Waals surface area contributed by atoms with Gasteiger partial charge in [-0.3, -0.25) is 0 Å². The molecule has 0 bridgehead atoms. The van der Waals surface area contributed by atoms with Gasteiger partial charge >= 0.3 is 0 Å². The third-order valence-corrected chi connectivity index (χ3v) is 3.06. The van der Waals surface area contributed by atoms with Crippen LogP contribution in [0.2, 0.25) is 0 Å². The van der Waals surface area contributed by atoms with Gasteiger partial charge in [-0.1, -0.05) is 28.1 Å². The number of H-pyrrole nitrogens is 1. The van der Waals surface area contributed by atoms with E-state index in [1.165, 1.54) is 11.1 Å². The second-order valence-corrected chi connectivity index (χ2v) is 4.40. The molecule has 78 valence electrons. The van der Waals surface area contributed by atoms with Gasteiger partial charge in [0, 0.05) is 29.3 Å². The van der Waals surface area contributed by atoms with Crippen LogP contribution in [0.1, 0.15) is 17.0 Å². The number of hydrogen-bond acceptors (Lipinski definition) is 1. The first kappa shape index (κ1) is 10.5. The van der Waals surface area contributed by atoms with Crippen molar-refractivity contribution >= 4 is 15.9 Å². The average molecular weight is 265 g/mol. The molecule has 1 heterocycles. The zero-order valence-electron chi connectivity index (χ0n) is 8.28. The summed E-state index contributed by atoms with van der Waals surface area (Å²) < 4.78 is 1.09. The van der Waals surface area contributed by atoms with Crippen LogP contribution in [0, 0.1) is 0 Å². The number of aromatic amines is 1. The summed E-state index contributed by atoms with van der Waals surface area (Å²) in [7, 11) is 0.